The number of rotatable bonds is 6. The van der Waals surface area contributed by atoms with Gasteiger partial charge in [-0.15, -0.1) is 0 Å². The van der Waals surface area contributed by atoms with Gasteiger partial charge in [0.2, 0.25) is 5.91 Å². The van der Waals surface area contributed by atoms with Crippen LogP contribution in [0.2, 0.25) is 5.15 Å². The zero-order valence-corrected chi connectivity index (χ0v) is 25.5. The van der Waals surface area contributed by atoms with Crippen LogP contribution in [-0.4, -0.2) is 75.7 Å². The third-order valence-electron chi connectivity index (χ3n) is 7.36. The van der Waals surface area contributed by atoms with Crippen molar-refractivity contribution in [1.29, 1.82) is 0 Å². The summed E-state index contributed by atoms with van der Waals surface area (Å²) in [4.78, 5) is 46.7. The minimum atomic E-state index is -3.90. The number of sulfone groups is 1. The van der Waals surface area contributed by atoms with E-state index in [0.717, 1.165) is 10.8 Å². The lowest BCUT2D eigenvalue weighted by molar-refractivity contribution is -0.126. The Morgan fingerprint density at radius 3 is 2.60 bits per heavy atom. The largest absolute Gasteiger partial charge is 0.355 e. The molecule has 1 atom stereocenters. The van der Waals surface area contributed by atoms with E-state index >= 15 is 4.39 Å². The van der Waals surface area contributed by atoms with E-state index in [1.54, 1.807) is 17.0 Å². The summed E-state index contributed by atoms with van der Waals surface area (Å²) >= 11 is 6.31. The molecule has 0 spiro atoms. The van der Waals surface area contributed by atoms with Crippen molar-refractivity contribution in [2.45, 2.75) is 37.6 Å². The number of fused-ring (bicyclic) bond motifs is 1. The Morgan fingerprint density at radius 1 is 1.23 bits per heavy atom. The molecule has 0 radical (unpaired) electrons. The van der Waals surface area contributed by atoms with Crippen LogP contribution < -0.4 is 10.6 Å². The number of halogens is 2. The molecule has 224 valence electrons. The first-order chi connectivity index (χ1) is 20.3. The number of pyridine rings is 3. The molecule has 0 N–H and O–H groups in total. The Hall–Kier alpha value is -4.23. The fourth-order valence-corrected chi connectivity index (χ4v) is 6.28. The number of hydrogen-bond acceptors (Lipinski definition) is 9. The summed E-state index contributed by atoms with van der Waals surface area (Å²) in [7, 11) is -3.90. The zero-order valence-electron chi connectivity index (χ0n) is 24.0. The van der Waals surface area contributed by atoms with E-state index in [9.17, 15) is 18.0 Å². The molecule has 0 aromatic carbocycles. The van der Waals surface area contributed by atoms with Gasteiger partial charge in [0, 0.05) is 56.1 Å². The van der Waals surface area contributed by atoms with Crippen LogP contribution in [0.3, 0.4) is 0 Å². The summed E-state index contributed by atoms with van der Waals surface area (Å²) in [5, 5.41) is 0.166. The van der Waals surface area contributed by atoms with E-state index in [0.29, 0.717) is 25.2 Å². The lowest BCUT2D eigenvalue weighted by atomic mass is 10.0. The van der Waals surface area contributed by atoms with E-state index in [2.05, 4.69) is 26.5 Å². The molecule has 0 unspecified atom stereocenters. The zero-order chi connectivity index (χ0) is 31.2. The van der Waals surface area contributed by atoms with Crippen LogP contribution in [-0.2, 0) is 14.6 Å². The predicted molar refractivity (Wildman–Crippen MR) is 162 cm³/mol. The highest BCUT2D eigenvalue weighted by Gasteiger charge is 2.31. The Morgan fingerprint density at radius 2 is 1.98 bits per heavy atom. The molecule has 1 aliphatic heterocycles. The molecule has 1 fully saturated rings. The molecule has 5 rings (SSSR count). The summed E-state index contributed by atoms with van der Waals surface area (Å²) in [5.41, 5.74) is -0.337. The molecule has 0 bridgehead atoms. The van der Waals surface area contributed by atoms with Gasteiger partial charge in [0.05, 0.1) is 11.1 Å². The third-order valence-corrected chi connectivity index (χ3v) is 8.76. The van der Waals surface area contributed by atoms with Crippen LogP contribution in [0.1, 0.15) is 32.3 Å². The van der Waals surface area contributed by atoms with E-state index in [-0.39, 0.29) is 61.7 Å². The van der Waals surface area contributed by atoms with E-state index in [1.165, 1.54) is 30.7 Å². The van der Waals surface area contributed by atoms with E-state index in [4.69, 9.17) is 11.6 Å². The highest BCUT2D eigenvalue weighted by Crippen LogP contribution is 2.35. The number of hydrogen-bond donors (Lipinski definition) is 0. The topological polar surface area (TPSA) is 131 Å². The van der Waals surface area contributed by atoms with Crippen molar-refractivity contribution < 1.29 is 17.6 Å². The number of nitrogens with zero attached hydrogens (tertiary/aromatic N) is 7. The number of carbonyl (C=O) groups is 1. The second-order valence-corrected chi connectivity index (χ2v) is 13.0. The maximum Gasteiger partial charge on any atom is 0.355 e. The highest BCUT2D eigenvalue weighted by molar-refractivity contribution is 7.90. The molecule has 4 aromatic heterocycles. The fraction of sp³-hybridized carbons (Fsp3) is 0.310. The lowest BCUT2D eigenvalue weighted by Gasteiger charge is -2.40. The quantitative estimate of drug-likeness (QED) is 0.232. The van der Waals surface area contributed by atoms with Crippen LogP contribution >= 0.6 is 11.6 Å². The van der Waals surface area contributed by atoms with Crippen LogP contribution in [0.25, 0.3) is 28.0 Å². The Balaban J connectivity index is 1.88. The van der Waals surface area contributed by atoms with Crippen molar-refractivity contribution in [2.75, 3.05) is 30.8 Å². The molecular formula is C29H29ClFN7O4S. The van der Waals surface area contributed by atoms with Gasteiger partial charge in [-0.2, -0.15) is 4.98 Å². The van der Waals surface area contributed by atoms with Crippen molar-refractivity contribution in [2.24, 2.45) is 0 Å². The van der Waals surface area contributed by atoms with Crippen molar-refractivity contribution in [3.8, 4) is 16.9 Å². The second-order valence-electron chi connectivity index (χ2n) is 10.6. The summed E-state index contributed by atoms with van der Waals surface area (Å²) in [6.07, 6.45) is 6.36. The molecule has 43 heavy (non-hydrogen) atoms. The first-order valence-corrected chi connectivity index (χ1v) is 15.7. The summed E-state index contributed by atoms with van der Waals surface area (Å²) in [5.74, 6) is -1.07. The van der Waals surface area contributed by atoms with E-state index in [1.807, 2.05) is 25.7 Å². The van der Waals surface area contributed by atoms with Crippen LogP contribution in [0.4, 0.5) is 10.2 Å². The van der Waals surface area contributed by atoms with Gasteiger partial charge in [0.1, 0.15) is 27.4 Å². The molecule has 4 aromatic rings. The molecule has 1 saturated heterocycles. The lowest BCUT2D eigenvalue weighted by Crippen LogP contribution is -2.54. The molecule has 5 heterocycles. The van der Waals surface area contributed by atoms with Gasteiger partial charge in [0.25, 0.3) is 0 Å². The normalized spacial score (nSPS) is 15.7. The van der Waals surface area contributed by atoms with Gasteiger partial charge < -0.3 is 9.80 Å². The van der Waals surface area contributed by atoms with Crippen LogP contribution in [0, 0.1) is 5.82 Å². The maximum absolute atomic E-state index is 15.9. The third kappa shape index (κ3) is 5.50. The monoisotopic (exact) mass is 625 g/mol. The van der Waals surface area contributed by atoms with Gasteiger partial charge in [-0.1, -0.05) is 32.0 Å². The number of anilines is 1. The molecule has 14 heteroatoms. The predicted octanol–water partition coefficient (Wildman–Crippen LogP) is 3.78. The summed E-state index contributed by atoms with van der Waals surface area (Å²) in [6, 6.07) is 4.02. The van der Waals surface area contributed by atoms with Gasteiger partial charge in [-0.25, -0.2) is 32.1 Å². The molecule has 11 nitrogen and oxygen atoms in total. The minimum Gasteiger partial charge on any atom is -0.350 e. The van der Waals surface area contributed by atoms with Crippen LogP contribution in [0.15, 0.2) is 59.1 Å². The minimum absolute atomic E-state index is 0.00309. The first-order valence-electron chi connectivity index (χ1n) is 13.4. The molecular weight excluding hydrogens is 597 g/mol. The summed E-state index contributed by atoms with van der Waals surface area (Å²) in [6.45, 7) is 10.0. The molecule has 0 saturated carbocycles. The van der Waals surface area contributed by atoms with Gasteiger partial charge in [-0.05, 0) is 42.7 Å². The van der Waals surface area contributed by atoms with Gasteiger partial charge in [0.15, 0.2) is 15.5 Å². The standard InChI is InChI=1S/C29H29ClFN7O4S/c1-6-23(39)36-10-11-37(17(4)15-36)27-19-12-21(31)24(18-8-7-9-33-26(18)30)34-28(19)38(29(40)35-27)25-20(16(2)3)13-32-14-22(25)43(5,41)42/h6-9,12-14,16-17H,1,10-11,15H2,2-5H3/t17-/m0/s1. The Kier molecular flexibility index (Phi) is 8.05. The Bertz CT molecular complexity index is 1950. The molecule has 1 aliphatic rings. The average Bonchev–Trinajstić information content (AvgIpc) is 2.96. The fourth-order valence-electron chi connectivity index (χ4n) is 5.26. The van der Waals surface area contributed by atoms with E-state index < -0.39 is 21.3 Å². The van der Waals surface area contributed by atoms with Crippen molar-refractivity contribution in [1.82, 2.24) is 29.4 Å². The maximum atomic E-state index is 15.9. The van der Waals surface area contributed by atoms with Crippen molar-refractivity contribution in [3.05, 3.63) is 76.5 Å². The molecule has 1 amide bonds. The number of carbonyl (C=O) groups excluding carboxylic acids is 1. The Labute approximate surface area is 252 Å². The molecule has 0 aliphatic carbocycles. The SMILES string of the molecule is C=CC(=O)N1CCN(c2nc(=O)n(-c3c(C(C)C)cncc3S(C)(=O)=O)c3nc(-c4cccnc4Cl)c(F)cc23)[C@@H](C)C1. The average molecular weight is 626 g/mol. The van der Waals surface area contributed by atoms with Crippen molar-refractivity contribution >= 4 is 44.2 Å². The summed E-state index contributed by atoms with van der Waals surface area (Å²) < 4.78 is 43.0. The van der Waals surface area contributed by atoms with Gasteiger partial charge >= 0.3 is 5.69 Å². The number of piperazine rings is 1. The highest BCUT2D eigenvalue weighted by atomic mass is 35.5. The smallest absolute Gasteiger partial charge is 0.350 e. The number of amides is 1. The van der Waals surface area contributed by atoms with Crippen molar-refractivity contribution in [3.63, 3.8) is 0 Å². The van der Waals surface area contributed by atoms with Crippen LogP contribution in [0.5, 0.6) is 0 Å². The number of aromatic nitrogens is 5. The first kappa shape index (κ1) is 30.2. The van der Waals surface area contributed by atoms with Gasteiger partial charge in [-0.3, -0.25) is 9.78 Å². The second kappa shape index (κ2) is 11.5.